The number of quaternary nitrogens is 1. The number of carboxylic acid groups (broad SMARTS) is 2. The normalized spacial score (nSPS) is 13.2. The SMILES string of the molecule is O=C(O)CCN(Cc1ccccc1)C(=O)CC[NH2+]C1CC1.O=C([O-])C(F)(F)F. The molecule has 1 aliphatic rings. The van der Waals surface area contributed by atoms with Gasteiger partial charge in [-0.15, -0.1) is 0 Å². The van der Waals surface area contributed by atoms with Crippen LogP contribution in [0.5, 0.6) is 0 Å². The van der Waals surface area contributed by atoms with Crippen LogP contribution in [-0.4, -0.2) is 53.2 Å². The molecule has 3 N–H and O–H groups in total. The van der Waals surface area contributed by atoms with Crippen LogP contribution in [0.4, 0.5) is 13.2 Å². The van der Waals surface area contributed by atoms with Crippen molar-refractivity contribution >= 4 is 17.8 Å². The molecule has 156 valence electrons. The zero-order valence-corrected chi connectivity index (χ0v) is 15.2. The third kappa shape index (κ3) is 10.5. The summed E-state index contributed by atoms with van der Waals surface area (Å²) in [4.78, 5) is 33.5. The fourth-order valence-electron chi connectivity index (χ4n) is 2.26. The lowest BCUT2D eigenvalue weighted by molar-refractivity contribution is -0.667. The molecule has 1 aliphatic carbocycles. The van der Waals surface area contributed by atoms with Crippen LogP contribution in [0.15, 0.2) is 30.3 Å². The van der Waals surface area contributed by atoms with Crippen molar-refractivity contribution in [2.75, 3.05) is 13.1 Å². The molecule has 1 aromatic rings. The lowest BCUT2D eigenvalue weighted by atomic mass is 10.2. The molecule has 0 aromatic heterocycles. The van der Waals surface area contributed by atoms with Gasteiger partial charge in [0.2, 0.25) is 5.91 Å². The molecule has 0 heterocycles. The van der Waals surface area contributed by atoms with Crippen molar-refractivity contribution in [1.29, 1.82) is 0 Å². The van der Waals surface area contributed by atoms with Crippen molar-refractivity contribution in [2.24, 2.45) is 0 Å². The average molecular weight is 404 g/mol. The zero-order chi connectivity index (χ0) is 21.2. The first-order chi connectivity index (χ1) is 13.1. The summed E-state index contributed by atoms with van der Waals surface area (Å²) in [5.41, 5.74) is 1.03. The number of alkyl halides is 3. The standard InChI is InChI=1S/C16H22N2O3.C2HF3O2/c19-15(8-10-17-14-6-7-14)18(11-9-16(20)21)12-13-4-2-1-3-5-13;3-2(4,5)1(6)7/h1-5,14,17H,6-12H2,(H,20,21);(H,6,7). The Morgan fingerprint density at radius 2 is 1.71 bits per heavy atom. The Morgan fingerprint density at radius 1 is 1.14 bits per heavy atom. The Kier molecular flexibility index (Phi) is 9.43. The maximum atomic E-state index is 12.3. The predicted molar refractivity (Wildman–Crippen MR) is 89.6 cm³/mol. The van der Waals surface area contributed by atoms with Gasteiger partial charge in [0.25, 0.3) is 0 Å². The molecule has 0 aliphatic heterocycles. The number of halogens is 3. The maximum Gasteiger partial charge on any atom is 0.430 e. The fourth-order valence-corrected chi connectivity index (χ4v) is 2.26. The quantitative estimate of drug-likeness (QED) is 0.597. The Balaban J connectivity index is 0.000000480. The van der Waals surface area contributed by atoms with Gasteiger partial charge >= 0.3 is 12.1 Å². The minimum atomic E-state index is -5.19. The number of nitrogens with two attached hydrogens (primary N) is 1. The third-order valence-corrected chi connectivity index (χ3v) is 3.88. The summed E-state index contributed by atoms with van der Waals surface area (Å²) >= 11 is 0. The number of hydrogen-bond acceptors (Lipinski definition) is 4. The van der Waals surface area contributed by atoms with E-state index in [1.54, 1.807) is 4.90 Å². The summed E-state index contributed by atoms with van der Waals surface area (Å²) in [6, 6.07) is 10.4. The Morgan fingerprint density at radius 3 is 2.18 bits per heavy atom. The van der Waals surface area contributed by atoms with Crippen LogP contribution >= 0.6 is 0 Å². The maximum absolute atomic E-state index is 12.3. The molecule has 2 rings (SSSR count). The molecule has 1 fully saturated rings. The molecule has 0 spiro atoms. The molecule has 0 unspecified atom stereocenters. The van der Waals surface area contributed by atoms with Crippen molar-refractivity contribution in [2.45, 2.75) is 44.4 Å². The Labute approximate surface area is 160 Å². The summed E-state index contributed by atoms with van der Waals surface area (Å²) in [6.07, 6.45) is -2.23. The third-order valence-electron chi connectivity index (χ3n) is 3.88. The van der Waals surface area contributed by atoms with Crippen LogP contribution in [0.25, 0.3) is 0 Å². The number of benzene rings is 1. The van der Waals surface area contributed by atoms with Gasteiger partial charge in [0.1, 0.15) is 5.97 Å². The number of amides is 1. The first kappa shape index (κ1) is 23.4. The molecule has 10 heteroatoms. The number of carbonyl (C=O) groups excluding carboxylic acids is 2. The van der Waals surface area contributed by atoms with Crippen LogP contribution in [0, 0.1) is 0 Å². The van der Waals surface area contributed by atoms with Crippen LogP contribution in [0.3, 0.4) is 0 Å². The summed E-state index contributed by atoms with van der Waals surface area (Å²) in [6.45, 7) is 1.55. The highest BCUT2D eigenvalue weighted by molar-refractivity contribution is 5.77. The van der Waals surface area contributed by atoms with Crippen molar-refractivity contribution in [3.8, 4) is 0 Å². The molecule has 1 aromatic carbocycles. The minimum absolute atomic E-state index is 0.00902. The van der Waals surface area contributed by atoms with E-state index in [0.29, 0.717) is 19.0 Å². The molecule has 0 bridgehead atoms. The number of carbonyl (C=O) groups is 3. The van der Waals surface area contributed by atoms with E-state index >= 15 is 0 Å². The molecular formula is C18H23F3N2O5. The van der Waals surface area contributed by atoms with Gasteiger partial charge in [0, 0.05) is 25.9 Å². The van der Waals surface area contributed by atoms with Gasteiger partial charge in [0.15, 0.2) is 0 Å². The van der Waals surface area contributed by atoms with E-state index < -0.39 is 18.1 Å². The van der Waals surface area contributed by atoms with Gasteiger partial charge in [0.05, 0.1) is 25.4 Å². The number of aliphatic carboxylic acids is 2. The second kappa shape index (κ2) is 11.3. The van der Waals surface area contributed by atoms with E-state index in [2.05, 4.69) is 5.32 Å². The van der Waals surface area contributed by atoms with Crippen molar-refractivity contribution in [1.82, 2.24) is 4.90 Å². The van der Waals surface area contributed by atoms with E-state index in [-0.39, 0.29) is 18.9 Å². The Bertz CT molecular complexity index is 648. The summed E-state index contributed by atoms with van der Waals surface area (Å²) in [5.74, 6) is -3.84. The second-order valence-corrected chi connectivity index (χ2v) is 6.34. The van der Waals surface area contributed by atoms with Crippen LogP contribution in [0.1, 0.15) is 31.2 Å². The van der Waals surface area contributed by atoms with E-state index in [0.717, 1.165) is 12.1 Å². The lowest BCUT2D eigenvalue weighted by Gasteiger charge is -2.22. The number of carboxylic acids is 2. The first-order valence-electron chi connectivity index (χ1n) is 8.74. The fraction of sp³-hybridized carbons (Fsp3) is 0.500. The first-order valence-corrected chi connectivity index (χ1v) is 8.74. The molecule has 0 saturated heterocycles. The number of nitrogens with zero attached hydrogens (tertiary/aromatic N) is 1. The monoisotopic (exact) mass is 404 g/mol. The van der Waals surface area contributed by atoms with Gasteiger partial charge in [-0.05, 0) is 5.56 Å². The second-order valence-electron chi connectivity index (χ2n) is 6.34. The van der Waals surface area contributed by atoms with E-state index in [9.17, 15) is 22.8 Å². The smallest absolute Gasteiger partial charge is 0.430 e. The van der Waals surface area contributed by atoms with Gasteiger partial charge in [-0.2, -0.15) is 13.2 Å². The van der Waals surface area contributed by atoms with Crippen LogP contribution in [0.2, 0.25) is 0 Å². The average Bonchev–Trinajstić information content (AvgIpc) is 3.43. The number of hydrogen-bond donors (Lipinski definition) is 2. The van der Waals surface area contributed by atoms with E-state index in [4.69, 9.17) is 15.0 Å². The molecule has 1 saturated carbocycles. The molecular weight excluding hydrogens is 381 g/mol. The molecule has 1 amide bonds. The Hall–Kier alpha value is -2.62. The van der Waals surface area contributed by atoms with Crippen molar-refractivity contribution in [3.63, 3.8) is 0 Å². The van der Waals surface area contributed by atoms with Gasteiger partial charge in [-0.25, -0.2) is 0 Å². The lowest BCUT2D eigenvalue weighted by Crippen LogP contribution is -2.86. The zero-order valence-electron chi connectivity index (χ0n) is 15.2. The largest absolute Gasteiger partial charge is 0.542 e. The summed E-state index contributed by atoms with van der Waals surface area (Å²) in [5, 5.41) is 19.8. The molecule has 0 radical (unpaired) electrons. The summed E-state index contributed by atoms with van der Waals surface area (Å²) < 4.78 is 31.5. The number of rotatable bonds is 9. The minimum Gasteiger partial charge on any atom is -0.542 e. The van der Waals surface area contributed by atoms with Crippen molar-refractivity contribution in [3.05, 3.63) is 35.9 Å². The summed E-state index contributed by atoms with van der Waals surface area (Å²) in [7, 11) is 0. The van der Waals surface area contributed by atoms with Crippen LogP contribution < -0.4 is 10.4 Å². The van der Waals surface area contributed by atoms with Gasteiger partial charge in [-0.1, -0.05) is 30.3 Å². The van der Waals surface area contributed by atoms with E-state index in [1.165, 1.54) is 12.8 Å². The van der Waals surface area contributed by atoms with E-state index in [1.807, 2.05) is 30.3 Å². The molecule has 0 atom stereocenters. The van der Waals surface area contributed by atoms with Gasteiger partial charge < -0.3 is 25.2 Å². The molecule has 28 heavy (non-hydrogen) atoms. The molecule has 7 nitrogen and oxygen atoms in total. The van der Waals surface area contributed by atoms with Gasteiger partial charge in [-0.3, -0.25) is 9.59 Å². The van der Waals surface area contributed by atoms with Crippen molar-refractivity contribution < 1.29 is 43.1 Å². The highest BCUT2D eigenvalue weighted by Crippen LogP contribution is 2.13. The topological polar surface area (TPSA) is 114 Å². The highest BCUT2D eigenvalue weighted by atomic mass is 19.4. The predicted octanol–water partition coefficient (Wildman–Crippen LogP) is -0.0956. The van der Waals surface area contributed by atoms with Crippen LogP contribution in [-0.2, 0) is 20.9 Å². The highest BCUT2D eigenvalue weighted by Gasteiger charge is 2.29.